The number of nitrogens with one attached hydrogen (secondary N) is 1. The minimum Gasteiger partial charge on any atom is -0.344 e. The van der Waals surface area contributed by atoms with E-state index in [1.165, 1.54) is 0 Å². The molecule has 0 aliphatic rings. The van der Waals surface area contributed by atoms with E-state index in [2.05, 4.69) is 31.4 Å². The number of carbonyl (C=O) groups is 1. The quantitative estimate of drug-likeness (QED) is 0.711. The lowest BCUT2D eigenvalue weighted by Crippen LogP contribution is -2.27. The summed E-state index contributed by atoms with van der Waals surface area (Å²) in [6.07, 6.45) is 1.78. The van der Waals surface area contributed by atoms with Crippen molar-refractivity contribution in [3.63, 3.8) is 0 Å². The molecule has 2 heterocycles. The number of amides is 1. The third-order valence-corrected chi connectivity index (χ3v) is 5.24. The molecule has 1 aromatic carbocycles. The summed E-state index contributed by atoms with van der Waals surface area (Å²) in [6, 6.07) is 11.5. The minimum absolute atomic E-state index is 0.0779. The number of rotatable bonds is 5. The van der Waals surface area contributed by atoms with Gasteiger partial charge in [-0.05, 0) is 48.3 Å². The average Bonchev–Trinajstić information content (AvgIpc) is 3.17. The molecule has 0 aliphatic carbocycles. The summed E-state index contributed by atoms with van der Waals surface area (Å²) in [6.45, 7) is 6.35. The monoisotopic (exact) mass is 401 g/mol. The van der Waals surface area contributed by atoms with Crippen molar-refractivity contribution in [2.24, 2.45) is 0 Å². The summed E-state index contributed by atoms with van der Waals surface area (Å²) in [5, 5.41) is 11.8. The fraction of sp³-hybridized carbons (Fsp3) is 0.278. The number of aryl methyl sites for hydroxylation is 1. The van der Waals surface area contributed by atoms with E-state index in [4.69, 9.17) is 0 Å². The van der Waals surface area contributed by atoms with Crippen LogP contribution in [0.25, 0.3) is 0 Å². The molecule has 7 heteroatoms. The third kappa shape index (κ3) is 3.82. The molecule has 130 valence electrons. The number of hydrogen-bond acceptors (Lipinski definition) is 3. The Kier molecular flexibility index (Phi) is 5.03. The molecule has 0 bridgehead atoms. The van der Waals surface area contributed by atoms with Crippen LogP contribution >= 0.6 is 15.9 Å². The van der Waals surface area contributed by atoms with Crippen molar-refractivity contribution >= 4 is 21.8 Å². The van der Waals surface area contributed by atoms with Crippen molar-refractivity contribution in [1.82, 2.24) is 24.9 Å². The second-order valence-corrected chi connectivity index (χ2v) is 6.77. The van der Waals surface area contributed by atoms with E-state index in [0.29, 0.717) is 12.4 Å². The molecule has 0 radical (unpaired) electrons. The Bertz CT molecular complexity index is 884. The number of halogens is 1. The van der Waals surface area contributed by atoms with Gasteiger partial charge in [0.15, 0.2) is 0 Å². The molecule has 0 fully saturated rings. The van der Waals surface area contributed by atoms with Crippen LogP contribution in [0.3, 0.4) is 0 Å². The lowest BCUT2D eigenvalue weighted by atomic mass is 10.1. The van der Waals surface area contributed by atoms with Crippen LogP contribution in [0.2, 0.25) is 0 Å². The molecular formula is C18H20BrN5O. The van der Waals surface area contributed by atoms with Crippen LogP contribution in [-0.2, 0) is 6.67 Å². The first kappa shape index (κ1) is 17.4. The zero-order valence-electron chi connectivity index (χ0n) is 14.4. The first-order valence-electron chi connectivity index (χ1n) is 8.04. The molecule has 3 aromatic rings. The fourth-order valence-corrected chi connectivity index (χ4v) is 2.89. The third-order valence-electron chi connectivity index (χ3n) is 4.09. The van der Waals surface area contributed by atoms with Gasteiger partial charge in [-0.15, -0.1) is 0 Å². The summed E-state index contributed by atoms with van der Waals surface area (Å²) in [4.78, 5) is 12.4. The van der Waals surface area contributed by atoms with E-state index in [0.717, 1.165) is 21.4 Å². The summed E-state index contributed by atoms with van der Waals surface area (Å²) in [5.41, 5.74) is 3.40. The molecule has 0 aliphatic heterocycles. The van der Waals surface area contributed by atoms with Crippen LogP contribution in [0, 0.1) is 13.8 Å². The number of nitrogens with zero attached hydrogens (tertiary/aromatic N) is 4. The second-order valence-electron chi connectivity index (χ2n) is 5.97. The molecule has 3 rings (SSSR count). The van der Waals surface area contributed by atoms with Gasteiger partial charge in [-0.1, -0.05) is 30.3 Å². The van der Waals surface area contributed by atoms with E-state index in [1.807, 2.05) is 55.8 Å². The summed E-state index contributed by atoms with van der Waals surface area (Å²) < 4.78 is 4.55. The fourth-order valence-electron chi connectivity index (χ4n) is 2.61. The van der Waals surface area contributed by atoms with Crippen molar-refractivity contribution in [1.29, 1.82) is 0 Å². The largest absolute Gasteiger partial charge is 0.344 e. The molecule has 1 unspecified atom stereocenters. The Morgan fingerprint density at radius 2 is 1.92 bits per heavy atom. The smallest absolute Gasteiger partial charge is 0.272 e. The Hall–Kier alpha value is -2.41. The van der Waals surface area contributed by atoms with Gasteiger partial charge in [0.05, 0.1) is 21.9 Å². The van der Waals surface area contributed by atoms with Gasteiger partial charge in [0.1, 0.15) is 12.4 Å². The maximum absolute atomic E-state index is 12.4. The SMILES string of the molecule is Cc1nn(Cn2ccc(C(=O)NC(C)c3ccccc3)n2)c(C)c1Br. The van der Waals surface area contributed by atoms with Gasteiger partial charge < -0.3 is 5.32 Å². The van der Waals surface area contributed by atoms with E-state index in [9.17, 15) is 4.79 Å². The number of benzene rings is 1. The summed E-state index contributed by atoms with van der Waals surface area (Å²) in [7, 11) is 0. The van der Waals surface area contributed by atoms with Crippen LogP contribution in [0.5, 0.6) is 0 Å². The van der Waals surface area contributed by atoms with Crippen LogP contribution in [0.15, 0.2) is 47.1 Å². The first-order valence-corrected chi connectivity index (χ1v) is 8.83. The highest BCUT2D eigenvalue weighted by Crippen LogP contribution is 2.19. The van der Waals surface area contributed by atoms with Crippen LogP contribution in [0.4, 0.5) is 0 Å². The second kappa shape index (κ2) is 7.23. The van der Waals surface area contributed by atoms with Gasteiger partial charge >= 0.3 is 0 Å². The zero-order chi connectivity index (χ0) is 18.0. The Labute approximate surface area is 155 Å². The number of carbonyl (C=O) groups excluding carboxylic acids is 1. The standard InChI is InChI=1S/C18H20BrN5O/c1-12(15-7-5-4-6-8-15)20-18(25)16-9-10-23(22-16)11-24-14(3)17(19)13(2)21-24/h4-10,12H,11H2,1-3H3,(H,20,25). The highest BCUT2D eigenvalue weighted by Gasteiger charge is 2.15. The topological polar surface area (TPSA) is 64.7 Å². The molecule has 0 saturated heterocycles. The number of aromatic nitrogens is 4. The highest BCUT2D eigenvalue weighted by molar-refractivity contribution is 9.10. The normalized spacial score (nSPS) is 12.2. The van der Waals surface area contributed by atoms with Crippen molar-refractivity contribution in [3.8, 4) is 0 Å². The van der Waals surface area contributed by atoms with Gasteiger partial charge in [0.2, 0.25) is 0 Å². The lowest BCUT2D eigenvalue weighted by molar-refractivity contribution is 0.0934. The first-order chi connectivity index (χ1) is 12.0. The van der Waals surface area contributed by atoms with E-state index < -0.39 is 0 Å². The minimum atomic E-state index is -0.190. The average molecular weight is 402 g/mol. The van der Waals surface area contributed by atoms with E-state index in [-0.39, 0.29) is 11.9 Å². The highest BCUT2D eigenvalue weighted by atomic mass is 79.9. The van der Waals surface area contributed by atoms with E-state index >= 15 is 0 Å². The van der Waals surface area contributed by atoms with Gasteiger partial charge in [-0.25, -0.2) is 4.68 Å². The number of hydrogen-bond donors (Lipinski definition) is 1. The molecule has 25 heavy (non-hydrogen) atoms. The van der Waals surface area contributed by atoms with Gasteiger partial charge in [0, 0.05) is 6.20 Å². The van der Waals surface area contributed by atoms with Crippen molar-refractivity contribution < 1.29 is 4.79 Å². The Balaban J connectivity index is 1.68. The van der Waals surface area contributed by atoms with Gasteiger partial charge in [-0.3, -0.25) is 9.48 Å². The van der Waals surface area contributed by atoms with Crippen molar-refractivity contribution in [2.45, 2.75) is 33.5 Å². The van der Waals surface area contributed by atoms with Gasteiger partial charge in [0.25, 0.3) is 5.91 Å². The summed E-state index contributed by atoms with van der Waals surface area (Å²) >= 11 is 3.51. The van der Waals surface area contributed by atoms with Crippen molar-refractivity contribution in [2.75, 3.05) is 0 Å². The Morgan fingerprint density at radius 1 is 1.20 bits per heavy atom. The van der Waals surface area contributed by atoms with E-state index in [1.54, 1.807) is 16.9 Å². The molecule has 1 N–H and O–H groups in total. The molecular weight excluding hydrogens is 382 g/mol. The lowest BCUT2D eigenvalue weighted by Gasteiger charge is -2.13. The molecule has 1 amide bonds. The molecule has 0 saturated carbocycles. The molecule has 2 aromatic heterocycles. The zero-order valence-corrected chi connectivity index (χ0v) is 16.0. The predicted octanol–water partition coefficient (Wildman–Crippen LogP) is 3.46. The summed E-state index contributed by atoms with van der Waals surface area (Å²) in [5.74, 6) is -0.190. The van der Waals surface area contributed by atoms with Gasteiger partial charge in [-0.2, -0.15) is 10.2 Å². The molecule has 1 atom stereocenters. The maximum atomic E-state index is 12.4. The Morgan fingerprint density at radius 3 is 2.56 bits per heavy atom. The van der Waals surface area contributed by atoms with Crippen LogP contribution < -0.4 is 5.32 Å². The maximum Gasteiger partial charge on any atom is 0.272 e. The molecule has 0 spiro atoms. The van der Waals surface area contributed by atoms with Crippen LogP contribution in [-0.4, -0.2) is 25.5 Å². The van der Waals surface area contributed by atoms with Crippen molar-refractivity contribution in [3.05, 3.63) is 69.7 Å². The van der Waals surface area contributed by atoms with Crippen LogP contribution in [0.1, 0.15) is 40.4 Å². The predicted molar refractivity (Wildman–Crippen MR) is 99.3 cm³/mol. The molecule has 6 nitrogen and oxygen atoms in total.